The van der Waals surface area contributed by atoms with Gasteiger partial charge in [0.25, 0.3) is 0 Å². The second-order valence-corrected chi connectivity index (χ2v) is 10.5. The number of unbranched alkanes of at least 4 members (excludes halogenated alkanes) is 10. The molecule has 0 bridgehead atoms. The van der Waals surface area contributed by atoms with Crippen LogP contribution in [0.5, 0.6) is 0 Å². The Morgan fingerprint density at radius 1 is 0.735 bits per heavy atom. The lowest BCUT2D eigenvalue weighted by Gasteiger charge is -2.06. The van der Waals surface area contributed by atoms with Gasteiger partial charge in [0.1, 0.15) is 0 Å². The van der Waals surface area contributed by atoms with Crippen molar-refractivity contribution >= 4 is 23.6 Å². The van der Waals surface area contributed by atoms with Gasteiger partial charge >= 0.3 is 0 Å². The summed E-state index contributed by atoms with van der Waals surface area (Å²) in [5.41, 5.74) is 4.52. The summed E-state index contributed by atoms with van der Waals surface area (Å²) in [6, 6.07) is 14.7. The Balaban J connectivity index is 1.65. The Morgan fingerprint density at radius 2 is 1.35 bits per heavy atom. The second-order valence-electron chi connectivity index (χ2n) is 9.35. The van der Waals surface area contributed by atoms with Gasteiger partial charge in [0.2, 0.25) is 0 Å². The van der Waals surface area contributed by atoms with E-state index >= 15 is 0 Å². The predicted octanol–water partition coefficient (Wildman–Crippen LogP) is 10.1. The summed E-state index contributed by atoms with van der Waals surface area (Å²) in [4.78, 5) is 13.9. The molecule has 0 amide bonds. The minimum atomic E-state index is 0.0749. The van der Waals surface area contributed by atoms with E-state index in [0.29, 0.717) is 0 Å². The van der Waals surface area contributed by atoms with Crippen molar-refractivity contribution in [2.45, 2.75) is 109 Å². The molecular formula is C32H46OS. The van der Waals surface area contributed by atoms with Crippen LogP contribution in [0.1, 0.15) is 118 Å². The number of aryl methyl sites for hydroxylation is 2. The number of allylic oxidation sites excluding steroid dienone is 1. The molecule has 34 heavy (non-hydrogen) atoms. The first-order valence-corrected chi connectivity index (χ1v) is 14.7. The smallest absolute Gasteiger partial charge is 0.185 e. The van der Waals surface area contributed by atoms with Gasteiger partial charge in [0.15, 0.2) is 5.78 Å². The molecule has 0 saturated carbocycles. The zero-order chi connectivity index (χ0) is 24.4. The molecule has 0 heterocycles. The third-order valence-electron chi connectivity index (χ3n) is 6.57. The van der Waals surface area contributed by atoms with Crippen LogP contribution in [0.3, 0.4) is 0 Å². The van der Waals surface area contributed by atoms with E-state index in [1.54, 1.807) is 6.08 Å². The third kappa shape index (κ3) is 11.1. The van der Waals surface area contributed by atoms with Crippen LogP contribution in [0.2, 0.25) is 0 Å². The maximum atomic E-state index is 12.7. The van der Waals surface area contributed by atoms with Gasteiger partial charge in [-0.25, -0.2) is 0 Å². The molecule has 0 fully saturated rings. The van der Waals surface area contributed by atoms with Gasteiger partial charge < -0.3 is 0 Å². The molecule has 0 atom stereocenters. The number of carbonyl (C=O) groups is 1. The fraction of sp³-hybridized carbons (Fsp3) is 0.531. The molecule has 0 N–H and O–H groups in total. The molecule has 0 aliphatic carbocycles. The number of hydrogen-bond acceptors (Lipinski definition) is 2. The van der Waals surface area contributed by atoms with Crippen molar-refractivity contribution in [2.75, 3.05) is 5.75 Å². The highest BCUT2D eigenvalue weighted by molar-refractivity contribution is 7.99. The van der Waals surface area contributed by atoms with Crippen molar-refractivity contribution in [1.82, 2.24) is 0 Å². The summed E-state index contributed by atoms with van der Waals surface area (Å²) < 4.78 is 0. The van der Waals surface area contributed by atoms with Gasteiger partial charge in [-0.05, 0) is 72.0 Å². The second kappa shape index (κ2) is 17.6. The molecule has 2 aromatic rings. The fourth-order valence-electron chi connectivity index (χ4n) is 4.27. The molecule has 0 radical (unpaired) electrons. The minimum Gasteiger partial charge on any atom is -0.289 e. The van der Waals surface area contributed by atoms with E-state index in [0.717, 1.165) is 29.7 Å². The molecule has 2 heteroatoms. The lowest BCUT2D eigenvalue weighted by molar-refractivity contribution is 0.104. The molecule has 0 aliphatic heterocycles. The van der Waals surface area contributed by atoms with Crippen molar-refractivity contribution in [3.05, 3.63) is 70.8 Å². The Morgan fingerprint density at radius 3 is 1.94 bits per heavy atom. The molecule has 2 rings (SSSR count). The third-order valence-corrected chi connectivity index (χ3v) is 7.67. The van der Waals surface area contributed by atoms with E-state index in [1.807, 2.05) is 30.0 Å². The number of thioether (sulfide) groups is 1. The predicted molar refractivity (Wildman–Crippen MR) is 152 cm³/mol. The summed E-state index contributed by atoms with van der Waals surface area (Å²) in [5, 5.41) is 0. The Bertz CT molecular complexity index is 850. The summed E-state index contributed by atoms with van der Waals surface area (Å²) in [5.74, 6) is 1.24. The van der Waals surface area contributed by atoms with Gasteiger partial charge in [-0.15, -0.1) is 11.8 Å². The minimum absolute atomic E-state index is 0.0749. The lowest BCUT2D eigenvalue weighted by Crippen LogP contribution is -1.95. The normalized spacial score (nSPS) is 11.4. The molecule has 186 valence electrons. The summed E-state index contributed by atoms with van der Waals surface area (Å²) in [6.07, 6.45) is 20.9. The van der Waals surface area contributed by atoms with Crippen LogP contribution in [0.15, 0.2) is 53.4 Å². The first-order chi connectivity index (χ1) is 16.7. The SMILES string of the molecule is CCCCCCCCCCCCCSc1ccc(C(=O)C=Cc2cc(CC)ccc2CC)cc1. The van der Waals surface area contributed by atoms with E-state index in [1.165, 1.54) is 86.7 Å². The Hall–Kier alpha value is -1.80. The number of benzene rings is 2. The lowest BCUT2D eigenvalue weighted by atomic mass is 9.99. The van der Waals surface area contributed by atoms with Crippen LogP contribution in [0.4, 0.5) is 0 Å². The van der Waals surface area contributed by atoms with Gasteiger partial charge in [-0.2, -0.15) is 0 Å². The van der Waals surface area contributed by atoms with Crippen molar-refractivity contribution in [3.8, 4) is 0 Å². The summed E-state index contributed by atoms with van der Waals surface area (Å²) >= 11 is 1.91. The van der Waals surface area contributed by atoms with Crippen LogP contribution in [-0.4, -0.2) is 11.5 Å². The molecule has 0 aliphatic rings. The van der Waals surface area contributed by atoms with Crippen LogP contribution in [0, 0.1) is 0 Å². The summed E-state index contributed by atoms with van der Waals surface area (Å²) in [7, 11) is 0. The first kappa shape index (κ1) is 28.4. The highest BCUT2D eigenvalue weighted by atomic mass is 32.2. The van der Waals surface area contributed by atoms with Crippen molar-refractivity contribution in [2.24, 2.45) is 0 Å². The van der Waals surface area contributed by atoms with E-state index < -0.39 is 0 Å². The quantitative estimate of drug-likeness (QED) is 0.0917. The van der Waals surface area contributed by atoms with Crippen molar-refractivity contribution in [3.63, 3.8) is 0 Å². The largest absolute Gasteiger partial charge is 0.289 e. The van der Waals surface area contributed by atoms with E-state index in [-0.39, 0.29) is 5.78 Å². The molecular weight excluding hydrogens is 432 g/mol. The average Bonchev–Trinajstić information content (AvgIpc) is 2.88. The zero-order valence-corrected chi connectivity index (χ0v) is 22.7. The molecule has 0 aromatic heterocycles. The number of rotatable bonds is 18. The number of ketones is 1. The van der Waals surface area contributed by atoms with Crippen LogP contribution >= 0.6 is 11.8 Å². The average molecular weight is 479 g/mol. The molecule has 0 unspecified atom stereocenters. The zero-order valence-electron chi connectivity index (χ0n) is 21.9. The Kier molecular flexibility index (Phi) is 14.7. The standard InChI is InChI=1S/C32H46OS/c1-4-7-8-9-10-11-12-13-14-15-16-25-34-31-22-19-29(20-23-31)32(33)24-21-30-26-27(5-2)17-18-28(30)6-3/h17-24,26H,4-16,25H2,1-3H3. The maximum absolute atomic E-state index is 12.7. The van der Waals surface area contributed by atoms with E-state index in [4.69, 9.17) is 0 Å². The van der Waals surface area contributed by atoms with Crippen LogP contribution in [0.25, 0.3) is 6.08 Å². The van der Waals surface area contributed by atoms with Crippen LogP contribution in [-0.2, 0) is 12.8 Å². The van der Waals surface area contributed by atoms with Crippen molar-refractivity contribution < 1.29 is 4.79 Å². The molecule has 0 spiro atoms. The van der Waals surface area contributed by atoms with E-state index in [9.17, 15) is 4.79 Å². The summed E-state index contributed by atoms with van der Waals surface area (Å²) in [6.45, 7) is 6.60. The maximum Gasteiger partial charge on any atom is 0.185 e. The Labute approximate surface area is 213 Å². The molecule has 1 nitrogen and oxygen atoms in total. The van der Waals surface area contributed by atoms with E-state index in [2.05, 4.69) is 51.1 Å². The van der Waals surface area contributed by atoms with Gasteiger partial charge in [-0.1, -0.05) is 109 Å². The highest BCUT2D eigenvalue weighted by Gasteiger charge is 2.04. The monoisotopic (exact) mass is 478 g/mol. The van der Waals surface area contributed by atoms with Crippen LogP contribution < -0.4 is 0 Å². The topological polar surface area (TPSA) is 17.1 Å². The van der Waals surface area contributed by atoms with Gasteiger partial charge in [-0.3, -0.25) is 4.79 Å². The van der Waals surface area contributed by atoms with Gasteiger partial charge in [0, 0.05) is 10.5 Å². The molecule has 2 aromatic carbocycles. The molecule has 0 saturated heterocycles. The van der Waals surface area contributed by atoms with Crippen molar-refractivity contribution in [1.29, 1.82) is 0 Å². The number of carbonyl (C=O) groups excluding carboxylic acids is 1. The van der Waals surface area contributed by atoms with Gasteiger partial charge in [0.05, 0.1) is 0 Å². The highest BCUT2D eigenvalue weighted by Crippen LogP contribution is 2.22. The first-order valence-electron chi connectivity index (χ1n) is 13.7. The number of hydrogen-bond donors (Lipinski definition) is 0. The fourth-order valence-corrected chi connectivity index (χ4v) is 5.19.